The molecule has 2 N–H and O–H groups in total. The molecule has 0 aliphatic heterocycles. The van der Waals surface area contributed by atoms with Crippen molar-refractivity contribution in [1.29, 1.82) is 0 Å². The second kappa shape index (κ2) is 4.73. The maximum atomic E-state index is 6.42. The minimum atomic E-state index is 0.144. The lowest BCUT2D eigenvalue weighted by atomic mass is 9.74. The maximum Gasteiger partial charge on any atom is 0.0870 e. The molecular formula is C17H26N4. The fourth-order valence-electron chi connectivity index (χ4n) is 3.74. The Morgan fingerprint density at radius 1 is 1.43 bits per heavy atom. The number of aromatic nitrogens is 3. The van der Waals surface area contributed by atoms with E-state index in [1.807, 2.05) is 11.7 Å². The van der Waals surface area contributed by atoms with Crippen molar-refractivity contribution >= 4 is 0 Å². The standard InChI is InChI=1S/C17H26N4/c1-6-14-16(10-20(5)19-14)21-11(2)7-12-13(18)8-17(3,4)9-15(12)21/h7,10,13H,6,8-9,18H2,1-5H3. The Balaban J connectivity index is 2.21. The van der Waals surface area contributed by atoms with Gasteiger partial charge in [0.25, 0.3) is 0 Å². The second-order valence-corrected chi connectivity index (χ2v) is 7.16. The number of rotatable bonds is 2. The summed E-state index contributed by atoms with van der Waals surface area (Å²) in [7, 11) is 1.99. The van der Waals surface area contributed by atoms with Crippen LogP contribution in [0.3, 0.4) is 0 Å². The summed E-state index contributed by atoms with van der Waals surface area (Å²) in [6, 6.07) is 2.41. The number of hydrogen-bond donors (Lipinski definition) is 1. The predicted octanol–water partition coefficient (Wildman–Crippen LogP) is 3.05. The van der Waals surface area contributed by atoms with Crippen LogP contribution in [0, 0.1) is 12.3 Å². The van der Waals surface area contributed by atoms with Crippen molar-refractivity contribution in [3.8, 4) is 5.69 Å². The number of aryl methyl sites for hydroxylation is 3. The van der Waals surface area contributed by atoms with Crippen LogP contribution in [-0.2, 0) is 19.9 Å². The Hall–Kier alpha value is -1.55. The average Bonchev–Trinajstić information content (AvgIpc) is 2.88. The Bertz CT molecular complexity index is 675. The first-order valence-corrected chi connectivity index (χ1v) is 7.82. The van der Waals surface area contributed by atoms with Crippen molar-refractivity contribution in [2.45, 2.75) is 53.0 Å². The molecule has 1 unspecified atom stereocenters. The van der Waals surface area contributed by atoms with Crippen molar-refractivity contribution in [2.75, 3.05) is 0 Å². The normalized spacial score (nSPS) is 20.6. The minimum Gasteiger partial charge on any atom is -0.324 e. The molecule has 4 heteroatoms. The summed E-state index contributed by atoms with van der Waals surface area (Å²) < 4.78 is 4.29. The van der Waals surface area contributed by atoms with Crippen molar-refractivity contribution in [1.82, 2.24) is 14.3 Å². The molecule has 0 fully saturated rings. The molecule has 0 amide bonds. The summed E-state index contributed by atoms with van der Waals surface area (Å²) in [5.41, 5.74) is 13.0. The Kier molecular flexibility index (Phi) is 3.24. The third-order valence-electron chi connectivity index (χ3n) is 4.60. The summed E-state index contributed by atoms with van der Waals surface area (Å²) in [4.78, 5) is 0. The SMILES string of the molecule is CCc1nn(C)cc1-n1c(C)cc2c1CC(C)(C)CC2N. The third kappa shape index (κ3) is 2.31. The molecule has 0 bridgehead atoms. The Labute approximate surface area is 126 Å². The van der Waals surface area contributed by atoms with Gasteiger partial charge in [0.2, 0.25) is 0 Å². The summed E-state index contributed by atoms with van der Waals surface area (Å²) in [6.07, 6.45) is 5.19. The quantitative estimate of drug-likeness (QED) is 0.922. The van der Waals surface area contributed by atoms with Gasteiger partial charge in [-0.15, -0.1) is 0 Å². The van der Waals surface area contributed by atoms with E-state index in [0.717, 1.165) is 25.0 Å². The van der Waals surface area contributed by atoms with E-state index in [-0.39, 0.29) is 11.5 Å². The van der Waals surface area contributed by atoms with Crippen LogP contribution in [-0.4, -0.2) is 14.3 Å². The molecule has 0 aromatic carbocycles. The predicted molar refractivity (Wildman–Crippen MR) is 85.7 cm³/mol. The highest BCUT2D eigenvalue weighted by Crippen LogP contribution is 2.42. The molecular weight excluding hydrogens is 260 g/mol. The maximum absolute atomic E-state index is 6.42. The van der Waals surface area contributed by atoms with E-state index >= 15 is 0 Å². The topological polar surface area (TPSA) is 48.8 Å². The zero-order chi connectivity index (χ0) is 15.4. The smallest absolute Gasteiger partial charge is 0.0870 e. The Morgan fingerprint density at radius 2 is 2.14 bits per heavy atom. The van der Waals surface area contributed by atoms with E-state index in [1.54, 1.807) is 0 Å². The van der Waals surface area contributed by atoms with Gasteiger partial charge in [-0.1, -0.05) is 20.8 Å². The number of fused-ring (bicyclic) bond motifs is 1. The van der Waals surface area contributed by atoms with Crippen LogP contribution in [0.4, 0.5) is 0 Å². The van der Waals surface area contributed by atoms with Gasteiger partial charge in [0, 0.05) is 30.7 Å². The lowest BCUT2D eigenvalue weighted by Gasteiger charge is -2.34. The van der Waals surface area contributed by atoms with Crippen LogP contribution in [0.25, 0.3) is 5.69 Å². The fourth-order valence-corrected chi connectivity index (χ4v) is 3.74. The summed E-state index contributed by atoms with van der Waals surface area (Å²) in [5.74, 6) is 0. The molecule has 21 heavy (non-hydrogen) atoms. The van der Waals surface area contributed by atoms with E-state index in [2.05, 4.69) is 49.6 Å². The van der Waals surface area contributed by atoms with Crippen LogP contribution in [0.2, 0.25) is 0 Å². The first kappa shape index (κ1) is 14.4. The molecule has 1 atom stereocenters. The van der Waals surface area contributed by atoms with Crippen LogP contribution in [0.15, 0.2) is 12.3 Å². The van der Waals surface area contributed by atoms with Gasteiger partial charge in [0.1, 0.15) is 0 Å². The molecule has 3 rings (SSSR count). The van der Waals surface area contributed by atoms with Gasteiger partial charge < -0.3 is 10.3 Å². The summed E-state index contributed by atoms with van der Waals surface area (Å²) in [6.45, 7) is 8.95. The molecule has 1 aliphatic carbocycles. The van der Waals surface area contributed by atoms with Gasteiger partial charge in [-0.05, 0) is 43.2 Å². The van der Waals surface area contributed by atoms with Crippen molar-refractivity contribution < 1.29 is 0 Å². The molecule has 4 nitrogen and oxygen atoms in total. The molecule has 0 radical (unpaired) electrons. The highest BCUT2D eigenvalue weighted by Gasteiger charge is 2.34. The largest absolute Gasteiger partial charge is 0.324 e. The summed E-state index contributed by atoms with van der Waals surface area (Å²) >= 11 is 0. The van der Waals surface area contributed by atoms with E-state index < -0.39 is 0 Å². The van der Waals surface area contributed by atoms with E-state index in [4.69, 9.17) is 5.73 Å². The van der Waals surface area contributed by atoms with Crippen LogP contribution in [0.1, 0.15) is 55.9 Å². The third-order valence-corrected chi connectivity index (χ3v) is 4.60. The van der Waals surface area contributed by atoms with Gasteiger partial charge in [-0.2, -0.15) is 5.10 Å². The van der Waals surface area contributed by atoms with Gasteiger partial charge >= 0.3 is 0 Å². The number of hydrogen-bond acceptors (Lipinski definition) is 2. The van der Waals surface area contributed by atoms with Gasteiger partial charge in [-0.3, -0.25) is 4.68 Å². The molecule has 0 saturated carbocycles. The highest BCUT2D eigenvalue weighted by molar-refractivity contribution is 5.45. The molecule has 0 saturated heterocycles. The Morgan fingerprint density at radius 3 is 2.81 bits per heavy atom. The fraction of sp³-hybridized carbons (Fsp3) is 0.588. The highest BCUT2D eigenvalue weighted by atomic mass is 15.3. The zero-order valence-electron chi connectivity index (χ0n) is 13.8. The first-order valence-electron chi connectivity index (χ1n) is 7.82. The van der Waals surface area contributed by atoms with E-state index in [9.17, 15) is 0 Å². The van der Waals surface area contributed by atoms with Crippen molar-refractivity contribution in [3.63, 3.8) is 0 Å². The van der Waals surface area contributed by atoms with Gasteiger partial charge in [-0.25, -0.2) is 0 Å². The molecule has 2 aromatic rings. The summed E-state index contributed by atoms with van der Waals surface area (Å²) in [5, 5.41) is 4.60. The van der Waals surface area contributed by atoms with Gasteiger partial charge in [0.15, 0.2) is 0 Å². The first-order chi connectivity index (χ1) is 9.82. The molecule has 0 spiro atoms. The van der Waals surface area contributed by atoms with Crippen LogP contribution in [0.5, 0.6) is 0 Å². The van der Waals surface area contributed by atoms with E-state index in [1.165, 1.54) is 22.6 Å². The van der Waals surface area contributed by atoms with Crippen molar-refractivity contribution in [2.24, 2.45) is 18.2 Å². The van der Waals surface area contributed by atoms with Gasteiger partial charge in [0.05, 0.1) is 11.4 Å². The van der Waals surface area contributed by atoms with E-state index in [0.29, 0.717) is 0 Å². The molecule has 1 aliphatic rings. The minimum absolute atomic E-state index is 0.144. The monoisotopic (exact) mass is 286 g/mol. The molecule has 2 aromatic heterocycles. The molecule has 114 valence electrons. The second-order valence-electron chi connectivity index (χ2n) is 7.16. The van der Waals surface area contributed by atoms with Crippen molar-refractivity contribution in [3.05, 3.63) is 34.9 Å². The van der Waals surface area contributed by atoms with Crippen LogP contribution < -0.4 is 5.73 Å². The van der Waals surface area contributed by atoms with Crippen LogP contribution >= 0.6 is 0 Å². The lowest BCUT2D eigenvalue weighted by Crippen LogP contribution is -2.30. The number of nitrogens with two attached hydrogens (primary N) is 1. The zero-order valence-corrected chi connectivity index (χ0v) is 13.8. The average molecular weight is 286 g/mol. The lowest BCUT2D eigenvalue weighted by molar-refractivity contribution is 0.278. The molecule has 2 heterocycles. The number of nitrogens with zero attached hydrogens (tertiary/aromatic N) is 3.